The zero-order chi connectivity index (χ0) is 13.9. The quantitative estimate of drug-likeness (QED) is 0.787. The van der Waals surface area contributed by atoms with E-state index in [2.05, 4.69) is 0 Å². The molecule has 106 valence electrons. The lowest BCUT2D eigenvalue weighted by molar-refractivity contribution is -0.144. The van der Waals surface area contributed by atoms with Gasteiger partial charge < -0.3 is 14.6 Å². The minimum Gasteiger partial charge on any atom is -0.378 e. The first kappa shape index (κ1) is 14.4. The summed E-state index contributed by atoms with van der Waals surface area (Å²) in [5.74, 6) is 0. The Morgan fingerprint density at radius 2 is 2.05 bits per heavy atom. The minimum absolute atomic E-state index is 0.0570. The van der Waals surface area contributed by atoms with Crippen LogP contribution in [0.15, 0.2) is 30.3 Å². The van der Waals surface area contributed by atoms with Crippen molar-refractivity contribution in [1.29, 1.82) is 0 Å². The summed E-state index contributed by atoms with van der Waals surface area (Å²) in [5, 5.41) is 10.1. The second-order valence-corrected chi connectivity index (χ2v) is 6.09. The monoisotopic (exact) mass is 288 g/mol. The molecule has 0 spiro atoms. The van der Waals surface area contributed by atoms with Crippen LogP contribution in [-0.2, 0) is 26.2 Å². The summed E-state index contributed by atoms with van der Waals surface area (Å²) >= 11 is 0. The zero-order valence-electron chi connectivity index (χ0n) is 10.2. The van der Waals surface area contributed by atoms with Crippen LogP contribution in [0.2, 0.25) is 0 Å². The molecule has 0 saturated carbocycles. The van der Waals surface area contributed by atoms with E-state index in [0.29, 0.717) is 0 Å². The van der Waals surface area contributed by atoms with E-state index in [1.807, 2.05) is 30.3 Å². The topological polar surface area (TPSA) is 93.1 Å². The average molecular weight is 288 g/mol. The van der Waals surface area contributed by atoms with E-state index in [-0.39, 0.29) is 26.2 Å². The fourth-order valence-electron chi connectivity index (χ4n) is 1.94. The lowest BCUT2D eigenvalue weighted by atomic mass is 10.1. The fraction of sp³-hybridized carbons (Fsp3) is 0.500. The van der Waals surface area contributed by atoms with E-state index in [9.17, 15) is 13.5 Å². The van der Waals surface area contributed by atoms with Gasteiger partial charge in [-0.2, -0.15) is 8.42 Å². The molecule has 1 aliphatic rings. The van der Waals surface area contributed by atoms with Crippen molar-refractivity contribution in [2.24, 2.45) is 0 Å². The normalized spacial score (nSPS) is 28.2. The van der Waals surface area contributed by atoms with Gasteiger partial charge in [0.25, 0.3) is 10.1 Å². The highest BCUT2D eigenvalue weighted by Crippen LogP contribution is 2.29. The highest BCUT2D eigenvalue weighted by molar-refractivity contribution is 7.87. The molecule has 2 atom stereocenters. The molecule has 1 aromatic rings. The van der Waals surface area contributed by atoms with E-state index in [1.54, 1.807) is 0 Å². The molecule has 2 rings (SSSR count). The largest absolute Gasteiger partial charge is 0.378 e. The maximum Gasteiger partial charge on any atom is 0.297 e. The van der Waals surface area contributed by atoms with Crippen LogP contribution in [0.3, 0.4) is 0 Å². The standard InChI is InChI=1S/C12H16O6S/c13-12(19(14,15)16)6-7-17-9-11(12)18-8-10-4-2-1-3-5-10/h1-5,11,13H,6-9H2,(H,14,15,16). The van der Waals surface area contributed by atoms with Gasteiger partial charge in [-0.1, -0.05) is 30.3 Å². The van der Waals surface area contributed by atoms with Gasteiger partial charge in [0.1, 0.15) is 6.10 Å². The van der Waals surface area contributed by atoms with Crippen LogP contribution < -0.4 is 0 Å². The molecule has 1 fully saturated rings. The molecular weight excluding hydrogens is 272 g/mol. The van der Waals surface area contributed by atoms with E-state index >= 15 is 0 Å². The Morgan fingerprint density at radius 1 is 1.37 bits per heavy atom. The summed E-state index contributed by atoms with van der Waals surface area (Å²) in [4.78, 5) is -2.31. The summed E-state index contributed by atoms with van der Waals surface area (Å²) in [7, 11) is -4.63. The Bertz CT molecular complexity index is 514. The SMILES string of the molecule is O=S(=O)(O)C1(O)CCOCC1OCc1ccccc1. The van der Waals surface area contributed by atoms with E-state index in [0.717, 1.165) is 5.56 Å². The van der Waals surface area contributed by atoms with Crippen molar-refractivity contribution in [3.63, 3.8) is 0 Å². The van der Waals surface area contributed by atoms with Crippen molar-refractivity contribution in [3.05, 3.63) is 35.9 Å². The van der Waals surface area contributed by atoms with Gasteiger partial charge in [0.2, 0.25) is 4.93 Å². The number of benzene rings is 1. The summed E-state index contributed by atoms with van der Waals surface area (Å²) < 4.78 is 42.3. The highest BCUT2D eigenvalue weighted by atomic mass is 32.2. The van der Waals surface area contributed by atoms with Crippen LogP contribution in [0.1, 0.15) is 12.0 Å². The van der Waals surface area contributed by atoms with Gasteiger partial charge in [-0.05, 0) is 5.56 Å². The first-order valence-corrected chi connectivity index (χ1v) is 7.30. The number of hydrogen-bond donors (Lipinski definition) is 2. The third-order valence-corrected chi connectivity index (χ3v) is 4.48. The molecule has 1 heterocycles. The van der Waals surface area contributed by atoms with Crippen LogP contribution in [0, 0.1) is 0 Å². The maximum atomic E-state index is 11.3. The molecule has 2 unspecified atom stereocenters. The van der Waals surface area contributed by atoms with Crippen LogP contribution in [0.25, 0.3) is 0 Å². The van der Waals surface area contributed by atoms with Crippen molar-refractivity contribution in [2.75, 3.05) is 13.2 Å². The Kier molecular flexibility index (Phi) is 4.22. The van der Waals surface area contributed by atoms with Crippen LogP contribution in [-0.4, -0.2) is 42.3 Å². The summed E-state index contributed by atoms with van der Waals surface area (Å²) in [6.07, 6.45) is -1.33. The molecule has 0 aliphatic carbocycles. The number of hydrogen-bond acceptors (Lipinski definition) is 5. The van der Waals surface area contributed by atoms with Crippen molar-refractivity contribution < 1.29 is 27.6 Å². The van der Waals surface area contributed by atoms with Gasteiger partial charge in [0, 0.05) is 6.42 Å². The summed E-state index contributed by atoms with van der Waals surface area (Å²) in [5.41, 5.74) is 0.839. The lowest BCUT2D eigenvalue weighted by Gasteiger charge is -2.36. The Balaban J connectivity index is 2.09. The van der Waals surface area contributed by atoms with Crippen molar-refractivity contribution >= 4 is 10.1 Å². The molecule has 7 heteroatoms. The van der Waals surface area contributed by atoms with Gasteiger partial charge in [0.15, 0.2) is 0 Å². The van der Waals surface area contributed by atoms with Gasteiger partial charge in [-0.15, -0.1) is 0 Å². The molecule has 0 bridgehead atoms. The Morgan fingerprint density at radius 3 is 2.68 bits per heavy atom. The molecule has 2 N–H and O–H groups in total. The molecule has 19 heavy (non-hydrogen) atoms. The second kappa shape index (κ2) is 5.56. The van der Waals surface area contributed by atoms with Crippen LogP contribution in [0.4, 0.5) is 0 Å². The van der Waals surface area contributed by atoms with Crippen molar-refractivity contribution in [1.82, 2.24) is 0 Å². The van der Waals surface area contributed by atoms with E-state index in [1.165, 1.54) is 0 Å². The fourth-order valence-corrected chi connectivity index (χ4v) is 2.75. The molecule has 0 radical (unpaired) electrons. The third kappa shape index (κ3) is 3.13. The van der Waals surface area contributed by atoms with Crippen molar-refractivity contribution in [2.45, 2.75) is 24.1 Å². The van der Waals surface area contributed by atoms with Gasteiger partial charge in [-0.25, -0.2) is 0 Å². The van der Waals surface area contributed by atoms with E-state index < -0.39 is 21.2 Å². The highest BCUT2D eigenvalue weighted by Gasteiger charge is 2.51. The minimum atomic E-state index is -4.63. The summed E-state index contributed by atoms with van der Waals surface area (Å²) in [6.45, 7) is 0.108. The Labute approximate surface area is 111 Å². The number of rotatable bonds is 4. The first-order valence-electron chi connectivity index (χ1n) is 5.86. The molecule has 0 amide bonds. The van der Waals surface area contributed by atoms with Gasteiger partial charge >= 0.3 is 0 Å². The zero-order valence-corrected chi connectivity index (χ0v) is 11.0. The first-order chi connectivity index (χ1) is 8.93. The summed E-state index contributed by atoms with van der Waals surface area (Å²) in [6, 6.07) is 9.13. The maximum absolute atomic E-state index is 11.3. The molecule has 0 aromatic heterocycles. The van der Waals surface area contributed by atoms with Crippen LogP contribution in [0.5, 0.6) is 0 Å². The van der Waals surface area contributed by atoms with Gasteiger partial charge in [-0.3, -0.25) is 4.55 Å². The predicted molar refractivity (Wildman–Crippen MR) is 67.0 cm³/mol. The molecule has 1 aromatic carbocycles. The smallest absolute Gasteiger partial charge is 0.297 e. The number of ether oxygens (including phenoxy) is 2. The van der Waals surface area contributed by atoms with Crippen LogP contribution >= 0.6 is 0 Å². The lowest BCUT2D eigenvalue weighted by Crippen LogP contribution is -2.55. The molecular formula is C12H16O6S. The van der Waals surface area contributed by atoms with Crippen molar-refractivity contribution in [3.8, 4) is 0 Å². The Hall–Kier alpha value is -0.990. The third-order valence-electron chi connectivity index (χ3n) is 3.12. The average Bonchev–Trinajstić information content (AvgIpc) is 2.38. The second-order valence-electron chi connectivity index (χ2n) is 4.43. The molecule has 1 saturated heterocycles. The predicted octanol–water partition coefficient (Wildman–Crippen LogP) is 0.568. The molecule has 1 aliphatic heterocycles. The molecule has 6 nitrogen and oxygen atoms in total. The van der Waals surface area contributed by atoms with E-state index in [4.69, 9.17) is 14.0 Å². The number of aliphatic hydroxyl groups is 1. The van der Waals surface area contributed by atoms with Gasteiger partial charge in [0.05, 0.1) is 19.8 Å².